The van der Waals surface area contributed by atoms with Gasteiger partial charge >= 0.3 is 0 Å². The van der Waals surface area contributed by atoms with Crippen LogP contribution in [0.2, 0.25) is 4.34 Å². The van der Waals surface area contributed by atoms with Crippen LogP contribution in [-0.2, 0) is 16.6 Å². The van der Waals surface area contributed by atoms with Crippen molar-refractivity contribution in [1.29, 1.82) is 0 Å². The Morgan fingerprint density at radius 2 is 2.11 bits per heavy atom. The molecule has 1 N–H and O–H groups in total. The zero-order valence-electron chi connectivity index (χ0n) is 10.6. The molecule has 0 amide bonds. The highest BCUT2D eigenvalue weighted by Gasteiger charge is 2.18. The molecule has 0 saturated carbocycles. The zero-order chi connectivity index (χ0) is 13.6. The second kappa shape index (κ2) is 7.45. The van der Waals surface area contributed by atoms with Gasteiger partial charge in [-0.1, -0.05) is 11.6 Å². The van der Waals surface area contributed by atoms with Crippen molar-refractivity contribution in [3.63, 3.8) is 0 Å². The molecule has 0 radical (unpaired) electrons. The maximum atomic E-state index is 12.0. The van der Waals surface area contributed by atoms with Crippen LogP contribution >= 0.6 is 22.9 Å². The van der Waals surface area contributed by atoms with Gasteiger partial charge in [-0.3, -0.25) is 0 Å². The summed E-state index contributed by atoms with van der Waals surface area (Å²) < 4.78 is 26.0. The third-order valence-corrected chi connectivity index (χ3v) is 5.66. The van der Waals surface area contributed by atoms with Crippen molar-refractivity contribution >= 4 is 33.0 Å². The Balaban J connectivity index is 2.46. The third kappa shape index (κ3) is 5.24. The standard InChI is InChI=1S/C11H19ClN2O2S2/c1-13-7-3-4-8-18(15,16)14(2)9-10-5-6-11(12)17-10/h5-6,13H,3-4,7-9H2,1-2H3. The molecule has 0 bridgehead atoms. The Morgan fingerprint density at radius 1 is 1.39 bits per heavy atom. The number of nitrogens with one attached hydrogen (secondary N) is 1. The number of thiophene rings is 1. The van der Waals surface area contributed by atoms with Crippen LogP contribution in [0.3, 0.4) is 0 Å². The number of unbranched alkanes of at least 4 members (excludes halogenated alkanes) is 1. The number of nitrogens with zero attached hydrogens (tertiary/aromatic N) is 1. The summed E-state index contributed by atoms with van der Waals surface area (Å²) in [4.78, 5) is 0.960. The summed E-state index contributed by atoms with van der Waals surface area (Å²) in [6.45, 7) is 1.24. The van der Waals surface area contributed by atoms with E-state index >= 15 is 0 Å². The van der Waals surface area contributed by atoms with E-state index in [2.05, 4.69) is 5.32 Å². The van der Waals surface area contributed by atoms with Gasteiger partial charge in [-0.25, -0.2) is 8.42 Å². The molecule has 104 valence electrons. The minimum Gasteiger partial charge on any atom is -0.320 e. The molecule has 0 atom stereocenters. The Bertz CT molecular complexity index is 459. The molecule has 0 fully saturated rings. The van der Waals surface area contributed by atoms with Gasteiger partial charge in [0.05, 0.1) is 10.1 Å². The Hall–Kier alpha value is -0.140. The SMILES string of the molecule is CNCCCCS(=O)(=O)N(C)Cc1ccc(Cl)s1. The molecule has 1 aromatic rings. The van der Waals surface area contributed by atoms with Gasteiger partial charge in [-0.15, -0.1) is 11.3 Å². The highest BCUT2D eigenvalue weighted by Crippen LogP contribution is 2.23. The van der Waals surface area contributed by atoms with Gasteiger partial charge < -0.3 is 5.32 Å². The van der Waals surface area contributed by atoms with Crippen LogP contribution in [0.25, 0.3) is 0 Å². The smallest absolute Gasteiger partial charge is 0.214 e. The van der Waals surface area contributed by atoms with E-state index in [0.29, 0.717) is 17.3 Å². The quantitative estimate of drug-likeness (QED) is 0.749. The molecule has 0 aliphatic carbocycles. The molecule has 0 saturated heterocycles. The molecule has 7 heteroatoms. The van der Waals surface area contributed by atoms with Gasteiger partial charge in [0.2, 0.25) is 10.0 Å². The van der Waals surface area contributed by atoms with E-state index in [4.69, 9.17) is 11.6 Å². The van der Waals surface area contributed by atoms with Crippen molar-refractivity contribution in [1.82, 2.24) is 9.62 Å². The Labute approximate surface area is 118 Å². The summed E-state index contributed by atoms with van der Waals surface area (Å²) in [5.74, 6) is 0.199. The van der Waals surface area contributed by atoms with Crippen LogP contribution in [0.1, 0.15) is 17.7 Å². The molecular formula is C11H19ClN2O2S2. The largest absolute Gasteiger partial charge is 0.320 e. The van der Waals surface area contributed by atoms with Crippen LogP contribution in [0.5, 0.6) is 0 Å². The number of hydrogen-bond donors (Lipinski definition) is 1. The number of halogens is 1. The van der Waals surface area contributed by atoms with Gasteiger partial charge in [0.1, 0.15) is 0 Å². The van der Waals surface area contributed by atoms with E-state index in [0.717, 1.165) is 17.8 Å². The van der Waals surface area contributed by atoms with Crippen molar-refractivity contribution in [3.8, 4) is 0 Å². The maximum absolute atomic E-state index is 12.0. The fourth-order valence-corrected chi connectivity index (χ4v) is 3.94. The van der Waals surface area contributed by atoms with E-state index < -0.39 is 10.0 Å². The molecule has 1 aromatic heterocycles. The minimum atomic E-state index is -3.16. The van der Waals surface area contributed by atoms with Gasteiger partial charge in [0.15, 0.2) is 0 Å². The molecule has 0 aliphatic rings. The average Bonchev–Trinajstić information content (AvgIpc) is 2.70. The summed E-state index contributed by atoms with van der Waals surface area (Å²) in [6, 6.07) is 3.65. The van der Waals surface area contributed by atoms with Crippen molar-refractivity contribution in [2.75, 3.05) is 26.4 Å². The molecule has 4 nitrogen and oxygen atoms in total. The summed E-state index contributed by atoms with van der Waals surface area (Å²) in [5, 5.41) is 3.00. The van der Waals surface area contributed by atoms with Crippen molar-refractivity contribution in [2.45, 2.75) is 19.4 Å². The molecule has 0 unspecified atom stereocenters. The first-order valence-electron chi connectivity index (χ1n) is 5.78. The molecule has 18 heavy (non-hydrogen) atoms. The topological polar surface area (TPSA) is 49.4 Å². The molecule has 0 aromatic carbocycles. The first kappa shape index (κ1) is 15.9. The fraction of sp³-hybridized carbons (Fsp3) is 0.636. The Kier molecular flexibility index (Phi) is 6.59. The summed E-state index contributed by atoms with van der Waals surface area (Å²) in [6.07, 6.45) is 1.55. The second-order valence-corrected chi connectivity index (χ2v) is 8.08. The highest BCUT2D eigenvalue weighted by molar-refractivity contribution is 7.89. The van der Waals surface area contributed by atoms with Gasteiger partial charge in [0.25, 0.3) is 0 Å². The lowest BCUT2D eigenvalue weighted by atomic mass is 10.3. The molecule has 0 aliphatic heterocycles. The van der Waals surface area contributed by atoms with Crippen molar-refractivity contribution in [2.24, 2.45) is 0 Å². The van der Waals surface area contributed by atoms with Gasteiger partial charge in [-0.2, -0.15) is 4.31 Å². The molecule has 1 heterocycles. The third-order valence-electron chi connectivity index (χ3n) is 2.56. The normalized spacial score (nSPS) is 12.2. The van der Waals surface area contributed by atoms with Gasteiger partial charge in [-0.05, 0) is 38.6 Å². The van der Waals surface area contributed by atoms with Crippen LogP contribution in [-0.4, -0.2) is 39.1 Å². The summed E-state index contributed by atoms with van der Waals surface area (Å²) in [5.41, 5.74) is 0. The highest BCUT2D eigenvalue weighted by atomic mass is 35.5. The van der Waals surface area contributed by atoms with E-state index in [1.165, 1.54) is 15.6 Å². The molecular weight excluding hydrogens is 292 g/mol. The number of sulfonamides is 1. The summed E-state index contributed by atoms with van der Waals surface area (Å²) >= 11 is 7.23. The molecule has 0 spiro atoms. The van der Waals surface area contributed by atoms with Crippen LogP contribution in [0, 0.1) is 0 Å². The molecule has 1 rings (SSSR count). The van der Waals surface area contributed by atoms with Crippen LogP contribution in [0.15, 0.2) is 12.1 Å². The van der Waals surface area contributed by atoms with E-state index in [9.17, 15) is 8.42 Å². The average molecular weight is 311 g/mol. The maximum Gasteiger partial charge on any atom is 0.214 e. The van der Waals surface area contributed by atoms with Crippen molar-refractivity contribution in [3.05, 3.63) is 21.3 Å². The predicted molar refractivity (Wildman–Crippen MR) is 77.7 cm³/mol. The monoisotopic (exact) mass is 310 g/mol. The van der Waals surface area contributed by atoms with E-state index in [1.54, 1.807) is 13.1 Å². The second-order valence-electron chi connectivity index (χ2n) is 4.09. The number of rotatable bonds is 8. The van der Waals surface area contributed by atoms with Crippen molar-refractivity contribution < 1.29 is 8.42 Å². The zero-order valence-corrected chi connectivity index (χ0v) is 13.0. The fourth-order valence-electron chi connectivity index (χ4n) is 1.50. The minimum absolute atomic E-state index is 0.199. The van der Waals surface area contributed by atoms with Crippen LogP contribution in [0.4, 0.5) is 0 Å². The first-order chi connectivity index (χ1) is 8.45. The first-order valence-corrected chi connectivity index (χ1v) is 8.59. The van der Waals surface area contributed by atoms with E-state index in [-0.39, 0.29) is 5.75 Å². The lowest BCUT2D eigenvalue weighted by molar-refractivity contribution is 0.467. The lowest BCUT2D eigenvalue weighted by Gasteiger charge is -2.16. The summed E-state index contributed by atoms with van der Waals surface area (Å²) in [7, 11) is 0.314. The number of hydrogen-bond acceptors (Lipinski definition) is 4. The van der Waals surface area contributed by atoms with Crippen LogP contribution < -0.4 is 5.32 Å². The lowest BCUT2D eigenvalue weighted by Crippen LogP contribution is -2.28. The van der Waals surface area contributed by atoms with Gasteiger partial charge in [0, 0.05) is 18.5 Å². The Morgan fingerprint density at radius 3 is 2.67 bits per heavy atom. The predicted octanol–water partition coefficient (Wildman–Crippen LogP) is 2.16. The van der Waals surface area contributed by atoms with E-state index in [1.807, 2.05) is 13.1 Å².